The smallest absolute Gasteiger partial charge is 0.264 e. The highest BCUT2D eigenvalue weighted by molar-refractivity contribution is 7.85. The second-order valence-corrected chi connectivity index (χ2v) is 15.8. The van der Waals surface area contributed by atoms with E-state index in [2.05, 4.69) is 97.1 Å². The molecule has 0 saturated carbocycles. The zero-order chi connectivity index (χ0) is 36.1. The van der Waals surface area contributed by atoms with Gasteiger partial charge in [-0.25, -0.2) is 0 Å². The Morgan fingerprint density at radius 2 is 1.52 bits per heavy atom. The first-order valence-electron chi connectivity index (χ1n) is 17.5. The third kappa shape index (κ3) is 8.16. The van der Waals surface area contributed by atoms with Crippen molar-refractivity contribution in [2.24, 2.45) is 0 Å². The van der Waals surface area contributed by atoms with Crippen molar-refractivity contribution in [2.75, 3.05) is 36.8 Å². The van der Waals surface area contributed by atoms with E-state index >= 15 is 0 Å². The fraction of sp³-hybridized carbons (Fsp3) is 0.436. The van der Waals surface area contributed by atoms with Crippen LogP contribution < -0.4 is 10.2 Å². The number of amides is 3. The number of imide groups is 1. The molecule has 266 valence electrons. The molecule has 0 aromatic heterocycles. The van der Waals surface area contributed by atoms with Crippen LogP contribution in [0.4, 0.5) is 11.4 Å². The van der Waals surface area contributed by atoms with Gasteiger partial charge in [-0.05, 0) is 57.2 Å². The summed E-state index contributed by atoms with van der Waals surface area (Å²) in [5.41, 5.74) is 6.66. The zero-order valence-corrected chi connectivity index (χ0v) is 30.3. The van der Waals surface area contributed by atoms with Crippen molar-refractivity contribution < 1.29 is 31.9 Å². The molecule has 2 aromatic rings. The first-order chi connectivity index (χ1) is 23.7. The third-order valence-corrected chi connectivity index (χ3v) is 10.8. The van der Waals surface area contributed by atoms with Gasteiger partial charge in [0.25, 0.3) is 21.9 Å². The van der Waals surface area contributed by atoms with Gasteiger partial charge in [-0.3, -0.25) is 23.8 Å². The average molecular weight is 702 g/mol. The topological polar surface area (TPSA) is 127 Å². The maximum Gasteiger partial charge on any atom is 0.264 e. The number of nitrogens with zero attached hydrogens (tertiary/aromatic N) is 3. The highest BCUT2D eigenvalue weighted by Crippen LogP contribution is 2.48. The molecule has 0 atom stereocenters. The number of carbonyl (C=O) groups is 3. The van der Waals surface area contributed by atoms with Gasteiger partial charge in [-0.1, -0.05) is 56.3 Å². The van der Waals surface area contributed by atoms with Crippen LogP contribution in [0.3, 0.4) is 0 Å². The van der Waals surface area contributed by atoms with E-state index in [1.54, 1.807) is 0 Å². The highest BCUT2D eigenvalue weighted by atomic mass is 32.2. The van der Waals surface area contributed by atoms with Crippen molar-refractivity contribution in [1.29, 1.82) is 0 Å². The quantitative estimate of drug-likeness (QED) is 0.101. The second-order valence-electron chi connectivity index (χ2n) is 14.2. The molecule has 3 heterocycles. The number of unbranched alkanes of at least 4 members (excludes halogenated alkanes) is 3. The second kappa shape index (κ2) is 15.3. The monoisotopic (exact) mass is 701 g/mol. The standard InChI is InChI=1S/C39H48N4O6S/c1-38(2)29-15-7-9-17-31(29)41(25-11-5-6-21-35(44)40-24-27-43-36(45)22-23-37(43)46)33(38)19-14-20-34-39(3,4)30-16-8-10-18-32(30)42(34)26-12-13-28-50(47,48)49/h7-10,14-20,22-23H,5-6,11-13,21,24-28H2,1-4H3,(H-,40,44,47,48,49)/p+1. The van der Waals surface area contributed by atoms with Gasteiger partial charge in [0, 0.05) is 79.1 Å². The van der Waals surface area contributed by atoms with Crippen LogP contribution in [0.1, 0.15) is 77.3 Å². The van der Waals surface area contributed by atoms with Crippen molar-refractivity contribution in [3.8, 4) is 0 Å². The summed E-state index contributed by atoms with van der Waals surface area (Å²) >= 11 is 0. The predicted octanol–water partition coefficient (Wildman–Crippen LogP) is 5.57. The minimum Gasteiger partial charge on any atom is -0.354 e. The molecule has 11 heteroatoms. The minimum absolute atomic E-state index is 0.0858. The molecular formula is C39H49N4O6S+. The average Bonchev–Trinajstić information content (AvgIpc) is 3.58. The van der Waals surface area contributed by atoms with E-state index in [0.717, 1.165) is 42.1 Å². The van der Waals surface area contributed by atoms with Gasteiger partial charge in [-0.2, -0.15) is 13.0 Å². The number of carbonyl (C=O) groups excluding carboxylic acids is 3. The van der Waals surface area contributed by atoms with Gasteiger partial charge in [0.1, 0.15) is 6.54 Å². The number of hydrogen-bond donors (Lipinski definition) is 2. The van der Waals surface area contributed by atoms with Crippen molar-refractivity contribution in [1.82, 2.24) is 10.2 Å². The lowest BCUT2D eigenvalue weighted by molar-refractivity contribution is -0.438. The van der Waals surface area contributed by atoms with Gasteiger partial charge < -0.3 is 10.2 Å². The van der Waals surface area contributed by atoms with Crippen molar-refractivity contribution in [3.05, 3.63) is 95.7 Å². The van der Waals surface area contributed by atoms with Crippen molar-refractivity contribution in [3.63, 3.8) is 0 Å². The molecule has 3 amide bonds. The zero-order valence-electron chi connectivity index (χ0n) is 29.5. The largest absolute Gasteiger partial charge is 0.354 e. The molecule has 0 saturated heterocycles. The molecule has 5 rings (SSSR count). The highest BCUT2D eigenvalue weighted by Gasteiger charge is 2.44. The van der Waals surface area contributed by atoms with E-state index in [-0.39, 0.29) is 47.4 Å². The molecule has 0 bridgehead atoms. The predicted molar refractivity (Wildman–Crippen MR) is 196 cm³/mol. The number of rotatable bonds is 16. The number of hydrogen-bond acceptors (Lipinski definition) is 6. The maximum absolute atomic E-state index is 12.4. The van der Waals surface area contributed by atoms with Crippen molar-refractivity contribution in [2.45, 2.75) is 77.0 Å². The summed E-state index contributed by atoms with van der Waals surface area (Å²) in [4.78, 5) is 39.2. The lowest BCUT2D eigenvalue weighted by Gasteiger charge is -2.27. The van der Waals surface area contributed by atoms with Gasteiger partial charge in [0.15, 0.2) is 5.71 Å². The third-order valence-electron chi connectivity index (χ3n) is 9.98. The number of fused-ring (bicyclic) bond motifs is 2. The molecule has 0 aliphatic carbocycles. The van der Waals surface area contributed by atoms with E-state index in [0.29, 0.717) is 25.8 Å². The Labute approximate surface area is 296 Å². The summed E-state index contributed by atoms with van der Waals surface area (Å²) in [6.07, 6.45) is 12.9. The number of allylic oxidation sites excluding steroid dienone is 4. The van der Waals surface area contributed by atoms with E-state index in [4.69, 9.17) is 0 Å². The first kappa shape index (κ1) is 36.9. The molecule has 0 radical (unpaired) electrons. The van der Waals surface area contributed by atoms with Crippen LogP contribution in [0.25, 0.3) is 0 Å². The molecule has 2 N–H and O–H groups in total. The van der Waals surface area contributed by atoms with Crippen LogP contribution in [-0.4, -0.2) is 77.8 Å². The molecule has 50 heavy (non-hydrogen) atoms. The van der Waals surface area contributed by atoms with E-state index in [9.17, 15) is 27.4 Å². The minimum atomic E-state index is -3.99. The van der Waals surface area contributed by atoms with Gasteiger partial charge in [-0.15, -0.1) is 0 Å². The number of benzene rings is 2. The fourth-order valence-corrected chi connectivity index (χ4v) is 7.90. The van der Waals surface area contributed by atoms with E-state index < -0.39 is 10.1 Å². The number of para-hydroxylation sites is 2. The summed E-state index contributed by atoms with van der Waals surface area (Å²) in [7, 11) is -3.99. The fourth-order valence-electron chi connectivity index (χ4n) is 7.33. The molecule has 10 nitrogen and oxygen atoms in total. The molecule has 2 aromatic carbocycles. The molecule has 0 spiro atoms. The Kier molecular flexibility index (Phi) is 11.3. The Hall–Kier alpha value is -4.35. The van der Waals surface area contributed by atoms with Crippen LogP contribution in [0.2, 0.25) is 0 Å². The number of anilines is 1. The van der Waals surface area contributed by atoms with E-state index in [1.807, 2.05) is 12.1 Å². The SMILES string of the molecule is CC1(C)C(/C=C/C=C2/N(CCCCS(=O)(=O)O)c3ccccc3C2(C)C)=[N+](CCCCCC(=O)NCCN2C(=O)C=CC2=O)c2ccccc21. The Morgan fingerprint density at radius 1 is 0.840 bits per heavy atom. The van der Waals surface area contributed by atoms with Crippen LogP contribution in [-0.2, 0) is 35.3 Å². The first-order valence-corrected chi connectivity index (χ1v) is 19.1. The summed E-state index contributed by atoms with van der Waals surface area (Å²) in [5, 5.41) is 2.81. The molecular weight excluding hydrogens is 653 g/mol. The Bertz CT molecular complexity index is 1850. The maximum atomic E-state index is 12.4. The van der Waals surface area contributed by atoms with Gasteiger partial charge in [0.05, 0.1) is 11.2 Å². The van der Waals surface area contributed by atoms with Crippen LogP contribution in [0.5, 0.6) is 0 Å². The molecule has 3 aliphatic heterocycles. The molecule has 3 aliphatic rings. The Morgan fingerprint density at radius 3 is 2.24 bits per heavy atom. The van der Waals surface area contributed by atoms with Crippen LogP contribution in [0.15, 0.2) is 84.6 Å². The summed E-state index contributed by atoms with van der Waals surface area (Å²) in [6.45, 7) is 10.8. The number of nitrogens with one attached hydrogen (secondary N) is 1. The summed E-state index contributed by atoms with van der Waals surface area (Å²) in [6, 6.07) is 16.8. The van der Waals surface area contributed by atoms with Crippen LogP contribution in [0, 0.1) is 0 Å². The van der Waals surface area contributed by atoms with Crippen LogP contribution >= 0.6 is 0 Å². The Balaban J connectivity index is 1.26. The summed E-state index contributed by atoms with van der Waals surface area (Å²) in [5.74, 6) is -1.03. The van der Waals surface area contributed by atoms with Crippen molar-refractivity contribution >= 4 is 44.9 Å². The lowest BCUT2D eigenvalue weighted by atomic mass is 9.81. The van der Waals surface area contributed by atoms with E-state index in [1.165, 1.54) is 34.7 Å². The lowest BCUT2D eigenvalue weighted by Crippen LogP contribution is -2.38. The van der Waals surface area contributed by atoms with Gasteiger partial charge in [0.2, 0.25) is 11.6 Å². The van der Waals surface area contributed by atoms with Gasteiger partial charge >= 0.3 is 0 Å². The normalized spacial score (nSPS) is 18.5. The molecule has 0 fully saturated rings. The molecule has 0 unspecified atom stereocenters. The summed E-state index contributed by atoms with van der Waals surface area (Å²) < 4.78 is 34.2.